The Balaban J connectivity index is 0.00000841. The number of aromatic hydroxyl groups is 1. The third-order valence-corrected chi connectivity index (χ3v) is 12.6. The molecule has 2 heterocycles. The number of aryl methyl sites for hydroxylation is 1. The summed E-state index contributed by atoms with van der Waals surface area (Å²) >= 11 is 0. The molecule has 0 amide bonds. The Morgan fingerprint density at radius 2 is 1.26 bits per heavy atom. The molecule has 0 radical (unpaired) electrons. The summed E-state index contributed by atoms with van der Waals surface area (Å²) < 4.78 is 103. The Labute approximate surface area is 435 Å². The first-order valence-electron chi connectivity index (χ1n) is 28.8. The number of benzene rings is 7. The second-order valence-electron chi connectivity index (χ2n) is 19.1. The van der Waals surface area contributed by atoms with Gasteiger partial charge in [-0.15, -0.1) is 29.3 Å². The van der Waals surface area contributed by atoms with Gasteiger partial charge in [-0.2, -0.15) is 0 Å². The van der Waals surface area contributed by atoms with Gasteiger partial charge in [0.05, 0.1) is 22.3 Å². The number of pyridine rings is 1. The Kier molecular flexibility index (Phi) is 9.73. The molecule has 0 bridgehead atoms. The number of hydrogen-bond donors (Lipinski definition) is 1. The van der Waals surface area contributed by atoms with E-state index >= 15 is 0 Å². The Bertz CT molecular complexity index is 3690. The molecule has 346 valence electrons. The van der Waals surface area contributed by atoms with E-state index < -0.39 is 32.8 Å². The summed E-state index contributed by atoms with van der Waals surface area (Å²) in [4.78, 5) is 10.4. The second kappa shape index (κ2) is 19.0. The van der Waals surface area contributed by atoms with Gasteiger partial charge < -0.3 is 5.11 Å². The van der Waals surface area contributed by atoms with Crippen LogP contribution in [0.4, 0.5) is 0 Å². The summed E-state index contributed by atoms with van der Waals surface area (Å²) in [5, 5.41) is 12.5. The predicted octanol–water partition coefficient (Wildman–Crippen LogP) is 17.1. The fraction of sp³-hybridized carbons (Fsp3) is 0.238. The van der Waals surface area contributed by atoms with Crippen molar-refractivity contribution in [3.8, 4) is 78.6 Å². The largest absolute Gasteiger partial charge is 0.507 e. The van der Waals surface area contributed by atoms with Gasteiger partial charge in [0, 0.05) is 55.0 Å². The van der Waals surface area contributed by atoms with E-state index in [-0.39, 0.29) is 55.2 Å². The molecule has 9 rings (SSSR count). The number of nitrogens with zero attached hydrogens (tertiary/aromatic N) is 3. The zero-order valence-corrected chi connectivity index (χ0v) is 41.5. The van der Waals surface area contributed by atoms with E-state index in [1.54, 1.807) is 18.3 Å². The maximum absolute atomic E-state index is 12.5. The molecule has 0 saturated heterocycles. The molecular weight excluding hydrogens is 1010 g/mol. The summed E-state index contributed by atoms with van der Waals surface area (Å²) in [7, 11) is 0. The van der Waals surface area contributed by atoms with Crippen molar-refractivity contribution in [3.05, 3.63) is 192 Å². The van der Waals surface area contributed by atoms with Gasteiger partial charge in [0.25, 0.3) is 0 Å². The minimum atomic E-state index is -3.40. The first kappa shape index (κ1) is 34.9. The molecule has 0 aliphatic rings. The number of fused-ring (bicyclic) bond motifs is 1. The average Bonchev–Trinajstić information content (AvgIpc) is 3.81. The van der Waals surface area contributed by atoms with Crippen LogP contribution in [-0.4, -0.2) is 19.6 Å². The zero-order chi connectivity index (χ0) is 57.4. The smallest absolute Gasteiger partial charge is 0.148 e. The average molecular weight is 1080 g/mol. The molecule has 0 saturated carbocycles. The van der Waals surface area contributed by atoms with Crippen LogP contribution < -0.4 is 0 Å². The van der Waals surface area contributed by atoms with Crippen molar-refractivity contribution < 1.29 is 42.6 Å². The molecule has 0 aliphatic carbocycles. The molecule has 9 aromatic rings. The standard InChI is InChI=1S/C63H62N3O.Pt/c1-39(2)46-35-52(40(3)4)60(67)55(36-46)61-65-59-51(23-18-24-57(59)66(61)58-38-53(43-19-14-12-15-20-43)41(5)31-54(58)44-21-16-13-17-22-44)47-32-48(34-50(33-47)63(9,10)11)56-37-45(29-30-64-56)42-25-27-49(28-26-42)62(6,7)8;/h12-31,33-40,67H,1-11H3;/q-1;/i5D3,6D3,7D3,8D3;. The van der Waals surface area contributed by atoms with Gasteiger partial charge in [-0.1, -0.05) is 189 Å². The van der Waals surface area contributed by atoms with Crippen molar-refractivity contribution in [2.75, 3.05) is 0 Å². The third-order valence-electron chi connectivity index (χ3n) is 12.6. The minimum Gasteiger partial charge on any atom is -0.507 e. The predicted molar refractivity (Wildman–Crippen MR) is 282 cm³/mol. The van der Waals surface area contributed by atoms with Gasteiger partial charge in [-0.25, -0.2) is 4.98 Å². The summed E-state index contributed by atoms with van der Waals surface area (Å²) in [5.74, 6) is 0.592. The monoisotopic (exact) mass is 1080 g/mol. The van der Waals surface area contributed by atoms with Gasteiger partial charge in [-0.05, 0) is 110 Å². The van der Waals surface area contributed by atoms with E-state index in [2.05, 4.69) is 52.8 Å². The number of imidazole rings is 1. The van der Waals surface area contributed by atoms with Crippen molar-refractivity contribution in [3.63, 3.8) is 0 Å². The first-order valence-corrected chi connectivity index (χ1v) is 22.8. The van der Waals surface area contributed by atoms with E-state index in [4.69, 9.17) is 26.4 Å². The third kappa shape index (κ3) is 9.41. The fourth-order valence-electron chi connectivity index (χ4n) is 8.80. The van der Waals surface area contributed by atoms with Crippen LogP contribution in [0.15, 0.2) is 158 Å². The molecule has 2 aromatic heterocycles. The minimum absolute atomic E-state index is 0. The van der Waals surface area contributed by atoms with E-state index in [9.17, 15) is 5.11 Å². The van der Waals surface area contributed by atoms with Crippen LogP contribution in [-0.2, 0) is 31.9 Å². The van der Waals surface area contributed by atoms with Crippen molar-refractivity contribution in [2.24, 2.45) is 0 Å². The second-order valence-corrected chi connectivity index (χ2v) is 19.1. The maximum Gasteiger partial charge on any atom is 0.148 e. The molecule has 0 unspecified atom stereocenters. The maximum atomic E-state index is 12.5. The number of rotatable bonds is 9. The molecule has 0 fully saturated rings. The van der Waals surface area contributed by atoms with Crippen molar-refractivity contribution >= 4 is 11.0 Å². The van der Waals surface area contributed by atoms with Crippen LogP contribution in [0, 0.1) is 12.9 Å². The summed E-state index contributed by atoms with van der Waals surface area (Å²) in [5.41, 5.74) is 8.02. The van der Waals surface area contributed by atoms with Gasteiger partial charge in [0.1, 0.15) is 11.6 Å². The molecule has 4 nitrogen and oxygen atoms in total. The van der Waals surface area contributed by atoms with E-state index in [0.717, 1.165) is 33.4 Å². The topological polar surface area (TPSA) is 50.9 Å². The van der Waals surface area contributed by atoms with Crippen molar-refractivity contribution in [1.82, 2.24) is 14.5 Å². The van der Waals surface area contributed by atoms with Crippen LogP contribution in [0.1, 0.15) is 125 Å². The van der Waals surface area contributed by atoms with Gasteiger partial charge in [0.2, 0.25) is 0 Å². The van der Waals surface area contributed by atoms with Gasteiger partial charge in [0.15, 0.2) is 0 Å². The first-order chi connectivity index (χ1) is 36.9. The number of aromatic nitrogens is 3. The van der Waals surface area contributed by atoms with E-state index in [0.29, 0.717) is 67.2 Å². The fourth-order valence-corrected chi connectivity index (χ4v) is 8.80. The molecule has 68 heavy (non-hydrogen) atoms. The molecule has 0 spiro atoms. The van der Waals surface area contributed by atoms with E-state index in [1.807, 2.05) is 122 Å². The summed E-state index contributed by atoms with van der Waals surface area (Å²) in [6.07, 6.45) is 1.64. The van der Waals surface area contributed by atoms with Gasteiger partial charge in [-0.3, -0.25) is 9.55 Å². The number of hydrogen-bond acceptors (Lipinski definition) is 3. The number of para-hydroxylation sites is 1. The van der Waals surface area contributed by atoms with E-state index in [1.165, 1.54) is 24.3 Å². The quantitative estimate of drug-likeness (QED) is 0.147. The van der Waals surface area contributed by atoms with Crippen LogP contribution in [0.3, 0.4) is 0 Å². The molecule has 0 atom stereocenters. The summed E-state index contributed by atoms with van der Waals surface area (Å²) in [6, 6.07) is 49.9. The van der Waals surface area contributed by atoms with Crippen LogP contribution >= 0.6 is 0 Å². The van der Waals surface area contributed by atoms with Gasteiger partial charge >= 0.3 is 0 Å². The van der Waals surface area contributed by atoms with Crippen molar-refractivity contribution in [1.29, 1.82) is 0 Å². The van der Waals surface area contributed by atoms with Crippen molar-refractivity contribution in [2.45, 2.75) is 98.5 Å². The molecule has 0 aliphatic heterocycles. The normalized spacial score (nSPS) is 15.3. The van der Waals surface area contributed by atoms with Crippen LogP contribution in [0.2, 0.25) is 0 Å². The Hall–Kier alpha value is -6.35. The zero-order valence-electron chi connectivity index (χ0n) is 51.3. The summed E-state index contributed by atoms with van der Waals surface area (Å²) in [6.45, 7) is 1.98. The molecule has 1 N–H and O–H groups in total. The van der Waals surface area contributed by atoms with Crippen LogP contribution in [0.5, 0.6) is 5.75 Å². The molecule has 5 heteroatoms. The number of phenolic OH excluding ortho intramolecular Hbond substituents is 1. The SMILES string of the molecule is [2H]C([2H])([2H])c1cc(-c2ccccc2)c(-n2c(-c3cc(C(C)C)cc(C(C)C)c3O)nc3c(-c4[c-]c(-c5cc(-c6ccc(C(C([2H])([2H])[2H])(C([2H])([2H])[2H])C([2H])([2H])[2H])cc6)ccn5)cc(C(C)(C)C)c4)cccc32)cc1-c1ccccc1.[Pt]. The Morgan fingerprint density at radius 3 is 1.90 bits per heavy atom. The molecule has 7 aromatic carbocycles. The Morgan fingerprint density at radius 1 is 0.588 bits per heavy atom. The number of phenols is 1. The van der Waals surface area contributed by atoms with Crippen LogP contribution in [0.25, 0.3) is 83.9 Å². The molecular formula is C63H62N3OPt-.